The van der Waals surface area contributed by atoms with Crippen molar-refractivity contribution in [2.75, 3.05) is 6.54 Å². The Morgan fingerprint density at radius 2 is 2.17 bits per heavy atom. The zero-order chi connectivity index (χ0) is 17.3. The molecule has 3 heterocycles. The summed E-state index contributed by atoms with van der Waals surface area (Å²) in [6, 6.07) is -0.228. The Morgan fingerprint density at radius 3 is 2.83 bits per heavy atom. The van der Waals surface area contributed by atoms with Gasteiger partial charge in [0.15, 0.2) is 5.82 Å². The molecule has 0 aromatic carbocycles. The molecule has 0 bridgehead atoms. The molecule has 1 fully saturated rings. The number of amides is 2. The summed E-state index contributed by atoms with van der Waals surface area (Å²) in [5.74, 6) is 0.977. The predicted octanol–water partition coefficient (Wildman–Crippen LogP) is 1.68. The standard InChI is InChI=1S/C16H23N5O3/c1-4-13-17-15(19-24-13)12-6-5-9-20(12)16(23)11-7-8-14(22)21(18-11)10(2)3/h10,12H,4-9H2,1-3H3/t12-/m0/s1. The van der Waals surface area contributed by atoms with Crippen molar-refractivity contribution >= 4 is 17.5 Å². The van der Waals surface area contributed by atoms with Crippen LogP contribution in [-0.4, -0.2) is 50.2 Å². The molecule has 1 aromatic heterocycles. The number of carbonyl (C=O) groups is 2. The first-order chi connectivity index (χ1) is 11.5. The van der Waals surface area contributed by atoms with Gasteiger partial charge in [-0.05, 0) is 26.7 Å². The van der Waals surface area contributed by atoms with Gasteiger partial charge in [-0.1, -0.05) is 12.1 Å². The second-order valence-electron chi connectivity index (χ2n) is 6.44. The van der Waals surface area contributed by atoms with Gasteiger partial charge in [0.2, 0.25) is 11.8 Å². The highest BCUT2D eigenvalue weighted by molar-refractivity contribution is 6.39. The Morgan fingerprint density at radius 1 is 1.38 bits per heavy atom. The van der Waals surface area contributed by atoms with Crippen molar-refractivity contribution in [2.45, 2.75) is 65.0 Å². The number of rotatable bonds is 4. The zero-order valence-electron chi connectivity index (χ0n) is 14.4. The monoisotopic (exact) mass is 333 g/mol. The number of aryl methyl sites for hydroxylation is 1. The van der Waals surface area contributed by atoms with E-state index in [-0.39, 0.29) is 23.9 Å². The van der Waals surface area contributed by atoms with Gasteiger partial charge >= 0.3 is 0 Å². The molecule has 0 spiro atoms. The number of nitrogens with zero attached hydrogens (tertiary/aromatic N) is 5. The van der Waals surface area contributed by atoms with Gasteiger partial charge in [-0.25, -0.2) is 5.01 Å². The van der Waals surface area contributed by atoms with Crippen molar-refractivity contribution in [3.63, 3.8) is 0 Å². The first kappa shape index (κ1) is 16.6. The van der Waals surface area contributed by atoms with Gasteiger partial charge < -0.3 is 9.42 Å². The highest BCUT2D eigenvalue weighted by Crippen LogP contribution is 2.31. The normalized spacial score (nSPS) is 21.6. The minimum atomic E-state index is -0.172. The fourth-order valence-corrected chi connectivity index (χ4v) is 3.12. The summed E-state index contributed by atoms with van der Waals surface area (Å²) in [5, 5.41) is 9.73. The summed E-state index contributed by atoms with van der Waals surface area (Å²) in [6.45, 7) is 6.37. The molecule has 0 saturated carbocycles. The van der Waals surface area contributed by atoms with Crippen LogP contribution in [0.3, 0.4) is 0 Å². The predicted molar refractivity (Wildman–Crippen MR) is 86.0 cm³/mol. The molecule has 130 valence electrons. The smallest absolute Gasteiger partial charge is 0.270 e. The van der Waals surface area contributed by atoms with E-state index in [0.717, 1.165) is 12.8 Å². The largest absolute Gasteiger partial charge is 0.339 e. The molecule has 0 radical (unpaired) electrons. The van der Waals surface area contributed by atoms with Crippen molar-refractivity contribution in [2.24, 2.45) is 5.10 Å². The summed E-state index contributed by atoms with van der Waals surface area (Å²) >= 11 is 0. The van der Waals surface area contributed by atoms with Crippen LogP contribution in [-0.2, 0) is 16.0 Å². The number of likely N-dealkylation sites (tertiary alicyclic amines) is 1. The Bertz CT molecular complexity index is 666. The summed E-state index contributed by atoms with van der Waals surface area (Å²) in [5.41, 5.74) is 0.439. The summed E-state index contributed by atoms with van der Waals surface area (Å²) in [4.78, 5) is 30.9. The molecule has 8 heteroatoms. The maximum Gasteiger partial charge on any atom is 0.270 e. The Balaban J connectivity index is 1.80. The van der Waals surface area contributed by atoms with E-state index in [1.807, 2.05) is 20.8 Å². The van der Waals surface area contributed by atoms with Crippen LogP contribution in [0.15, 0.2) is 9.62 Å². The molecular weight excluding hydrogens is 310 g/mol. The van der Waals surface area contributed by atoms with Crippen molar-refractivity contribution in [3.8, 4) is 0 Å². The third kappa shape index (κ3) is 3.05. The van der Waals surface area contributed by atoms with E-state index in [2.05, 4.69) is 15.2 Å². The Labute approximate surface area is 140 Å². The van der Waals surface area contributed by atoms with Crippen molar-refractivity contribution in [1.82, 2.24) is 20.0 Å². The molecule has 24 heavy (non-hydrogen) atoms. The second kappa shape index (κ2) is 6.70. The molecule has 1 saturated heterocycles. The van der Waals surface area contributed by atoms with Crippen LogP contribution in [0.2, 0.25) is 0 Å². The number of carbonyl (C=O) groups excluding carboxylic acids is 2. The first-order valence-electron chi connectivity index (χ1n) is 8.54. The third-order valence-electron chi connectivity index (χ3n) is 4.39. The van der Waals surface area contributed by atoms with Crippen LogP contribution in [0.4, 0.5) is 0 Å². The van der Waals surface area contributed by atoms with Crippen LogP contribution < -0.4 is 0 Å². The van der Waals surface area contributed by atoms with Crippen LogP contribution in [0, 0.1) is 0 Å². The molecule has 8 nitrogen and oxygen atoms in total. The third-order valence-corrected chi connectivity index (χ3v) is 4.39. The molecule has 0 N–H and O–H groups in total. The SMILES string of the molecule is CCc1nc([C@@H]2CCCN2C(=O)C2=NN(C(C)C)C(=O)CC2)no1. The van der Waals surface area contributed by atoms with Gasteiger partial charge in [-0.3, -0.25) is 9.59 Å². The van der Waals surface area contributed by atoms with Gasteiger partial charge in [-0.15, -0.1) is 0 Å². The van der Waals surface area contributed by atoms with E-state index in [0.29, 0.717) is 43.2 Å². The molecule has 1 aromatic rings. The summed E-state index contributed by atoms with van der Waals surface area (Å²) in [6.07, 6.45) is 3.09. The first-order valence-corrected chi connectivity index (χ1v) is 8.54. The highest BCUT2D eigenvalue weighted by Gasteiger charge is 2.37. The molecule has 0 aliphatic carbocycles. The molecule has 2 amide bonds. The van der Waals surface area contributed by atoms with Gasteiger partial charge in [0.1, 0.15) is 5.71 Å². The minimum absolute atomic E-state index is 0.0368. The topological polar surface area (TPSA) is 91.9 Å². The van der Waals surface area contributed by atoms with Crippen LogP contribution in [0.25, 0.3) is 0 Å². The molecular formula is C16H23N5O3. The second-order valence-corrected chi connectivity index (χ2v) is 6.44. The van der Waals surface area contributed by atoms with Gasteiger partial charge in [0.05, 0.1) is 6.04 Å². The van der Waals surface area contributed by atoms with Gasteiger partial charge in [-0.2, -0.15) is 10.1 Å². The lowest BCUT2D eigenvalue weighted by atomic mass is 10.1. The summed E-state index contributed by atoms with van der Waals surface area (Å²) < 4.78 is 5.18. The lowest BCUT2D eigenvalue weighted by molar-refractivity contribution is -0.133. The lowest BCUT2D eigenvalue weighted by Crippen LogP contribution is -2.43. The average Bonchev–Trinajstić information content (AvgIpc) is 3.23. The van der Waals surface area contributed by atoms with Crippen LogP contribution in [0.1, 0.15) is 64.2 Å². The molecule has 1 atom stereocenters. The average molecular weight is 333 g/mol. The fraction of sp³-hybridized carbons (Fsp3) is 0.688. The van der Waals surface area contributed by atoms with E-state index >= 15 is 0 Å². The zero-order valence-corrected chi connectivity index (χ0v) is 14.4. The Hall–Kier alpha value is -2.25. The minimum Gasteiger partial charge on any atom is -0.339 e. The lowest BCUT2D eigenvalue weighted by Gasteiger charge is -2.29. The fourth-order valence-electron chi connectivity index (χ4n) is 3.12. The van der Waals surface area contributed by atoms with E-state index in [1.54, 1.807) is 4.90 Å². The van der Waals surface area contributed by atoms with Gasteiger partial charge in [0.25, 0.3) is 5.91 Å². The van der Waals surface area contributed by atoms with E-state index < -0.39 is 0 Å². The van der Waals surface area contributed by atoms with Crippen LogP contribution >= 0.6 is 0 Å². The molecule has 0 unspecified atom stereocenters. The highest BCUT2D eigenvalue weighted by atomic mass is 16.5. The maximum absolute atomic E-state index is 12.9. The van der Waals surface area contributed by atoms with Crippen LogP contribution in [0.5, 0.6) is 0 Å². The maximum atomic E-state index is 12.9. The van der Waals surface area contributed by atoms with E-state index in [1.165, 1.54) is 5.01 Å². The van der Waals surface area contributed by atoms with Gasteiger partial charge in [0, 0.05) is 31.8 Å². The van der Waals surface area contributed by atoms with E-state index in [4.69, 9.17) is 4.52 Å². The summed E-state index contributed by atoms with van der Waals surface area (Å²) in [7, 11) is 0. The van der Waals surface area contributed by atoms with Crippen molar-refractivity contribution < 1.29 is 14.1 Å². The molecule has 2 aliphatic rings. The number of hydrogen-bond donors (Lipinski definition) is 0. The number of aromatic nitrogens is 2. The number of hydrogen-bond acceptors (Lipinski definition) is 6. The van der Waals surface area contributed by atoms with E-state index in [9.17, 15) is 9.59 Å². The number of hydrazone groups is 1. The molecule has 2 aliphatic heterocycles. The Kier molecular flexibility index (Phi) is 4.64. The van der Waals surface area contributed by atoms with Crippen molar-refractivity contribution in [1.29, 1.82) is 0 Å². The van der Waals surface area contributed by atoms with Crippen molar-refractivity contribution in [3.05, 3.63) is 11.7 Å². The molecule has 3 rings (SSSR count). The quantitative estimate of drug-likeness (QED) is 0.836.